The van der Waals surface area contributed by atoms with Gasteiger partial charge in [-0.05, 0) is 49.1 Å². The predicted octanol–water partition coefficient (Wildman–Crippen LogP) is 0.943. The number of rotatable bonds is 2. The fourth-order valence-electron chi connectivity index (χ4n) is 5.35. The van der Waals surface area contributed by atoms with Crippen LogP contribution in [0.2, 0.25) is 0 Å². The molecular formula is C20H28N4O. The van der Waals surface area contributed by atoms with Crippen LogP contribution < -0.4 is 10.9 Å². The summed E-state index contributed by atoms with van der Waals surface area (Å²) in [4.78, 5) is 17.9. The Morgan fingerprint density at radius 2 is 1.76 bits per heavy atom. The van der Waals surface area contributed by atoms with E-state index in [1.165, 1.54) is 36.8 Å². The van der Waals surface area contributed by atoms with Crippen molar-refractivity contribution in [3.05, 3.63) is 35.4 Å². The first-order valence-electron chi connectivity index (χ1n) is 9.87. The number of hydrazine groups is 1. The molecule has 1 unspecified atom stereocenters. The third kappa shape index (κ3) is 2.88. The Balaban J connectivity index is 1.31. The van der Waals surface area contributed by atoms with Crippen LogP contribution in [-0.4, -0.2) is 60.0 Å². The van der Waals surface area contributed by atoms with Crippen molar-refractivity contribution < 1.29 is 4.79 Å². The van der Waals surface area contributed by atoms with Crippen molar-refractivity contribution in [2.75, 3.05) is 26.2 Å². The number of fused-ring (bicyclic) bond motifs is 5. The molecule has 5 nitrogen and oxygen atoms in total. The topological polar surface area (TPSA) is 47.6 Å². The Bertz CT molecular complexity index is 632. The molecule has 1 aliphatic carbocycles. The summed E-state index contributed by atoms with van der Waals surface area (Å²) in [6.45, 7) is 4.07. The largest absolute Gasteiger partial charge is 0.337 e. The van der Waals surface area contributed by atoms with Gasteiger partial charge in [0, 0.05) is 38.3 Å². The van der Waals surface area contributed by atoms with Crippen LogP contribution >= 0.6 is 0 Å². The molecular weight excluding hydrogens is 312 g/mol. The van der Waals surface area contributed by atoms with Gasteiger partial charge >= 0.3 is 0 Å². The lowest BCUT2D eigenvalue weighted by atomic mass is 9.94. The fraction of sp³-hybridized carbons (Fsp3) is 0.650. The molecule has 2 bridgehead atoms. The van der Waals surface area contributed by atoms with Crippen LogP contribution in [0, 0.1) is 5.92 Å². The van der Waals surface area contributed by atoms with Crippen molar-refractivity contribution in [1.29, 1.82) is 0 Å². The normalized spacial score (nSPS) is 32.8. The number of hydrogen-bond acceptors (Lipinski definition) is 4. The van der Waals surface area contributed by atoms with E-state index in [9.17, 15) is 4.79 Å². The fourth-order valence-corrected chi connectivity index (χ4v) is 5.35. The first-order chi connectivity index (χ1) is 12.3. The maximum atomic E-state index is 13.0. The van der Waals surface area contributed by atoms with Gasteiger partial charge in [-0.3, -0.25) is 15.1 Å². The highest BCUT2D eigenvalue weighted by Crippen LogP contribution is 2.33. The van der Waals surface area contributed by atoms with Gasteiger partial charge in [0.2, 0.25) is 5.91 Å². The molecule has 5 aliphatic rings. The average molecular weight is 340 g/mol. The molecule has 1 aromatic rings. The third-order valence-electron chi connectivity index (χ3n) is 6.70. The highest BCUT2D eigenvalue weighted by atomic mass is 16.2. The molecule has 0 radical (unpaired) electrons. The molecule has 134 valence electrons. The van der Waals surface area contributed by atoms with Crippen LogP contribution in [-0.2, 0) is 17.6 Å². The first-order valence-corrected chi connectivity index (χ1v) is 9.87. The number of hydrogen-bond donors (Lipinski definition) is 2. The second-order valence-corrected chi connectivity index (χ2v) is 8.28. The standard InChI is InChI=1S/C20H28N4O/c25-20(19-7-8-21-22-19)24-12-14-5-6-17(24)13-23(11-14)18-9-15-3-1-2-4-16(15)10-18/h1-4,14,17-19,21-22H,5-13H2/t14-,17+,19?/m0/s1. The molecule has 1 amide bonds. The average Bonchev–Trinajstić information content (AvgIpc) is 3.23. The van der Waals surface area contributed by atoms with Crippen LogP contribution in [0.3, 0.4) is 0 Å². The zero-order chi connectivity index (χ0) is 16.8. The summed E-state index contributed by atoms with van der Waals surface area (Å²) < 4.78 is 0. The van der Waals surface area contributed by atoms with E-state index >= 15 is 0 Å². The van der Waals surface area contributed by atoms with Gasteiger partial charge in [0.1, 0.15) is 6.04 Å². The molecule has 3 atom stereocenters. The molecule has 25 heavy (non-hydrogen) atoms. The minimum Gasteiger partial charge on any atom is -0.337 e. The quantitative estimate of drug-likeness (QED) is 0.841. The summed E-state index contributed by atoms with van der Waals surface area (Å²) in [6.07, 6.45) is 5.72. The van der Waals surface area contributed by atoms with Gasteiger partial charge in [-0.2, -0.15) is 0 Å². The molecule has 0 spiro atoms. The van der Waals surface area contributed by atoms with Crippen LogP contribution in [0.4, 0.5) is 0 Å². The van der Waals surface area contributed by atoms with Crippen molar-refractivity contribution in [3.63, 3.8) is 0 Å². The van der Waals surface area contributed by atoms with E-state index in [1.807, 2.05) is 0 Å². The van der Waals surface area contributed by atoms with Crippen molar-refractivity contribution in [2.24, 2.45) is 5.92 Å². The van der Waals surface area contributed by atoms with Gasteiger partial charge in [0.05, 0.1) is 0 Å². The van der Waals surface area contributed by atoms with Crippen LogP contribution in [0.5, 0.6) is 0 Å². The number of carbonyl (C=O) groups is 1. The second-order valence-electron chi connectivity index (χ2n) is 8.28. The van der Waals surface area contributed by atoms with Gasteiger partial charge in [-0.1, -0.05) is 24.3 Å². The van der Waals surface area contributed by atoms with E-state index in [-0.39, 0.29) is 6.04 Å². The van der Waals surface area contributed by atoms with Gasteiger partial charge in [-0.25, -0.2) is 5.43 Å². The molecule has 6 rings (SSSR count). The van der Waals surface area contributed by atoms with E-state index in [0.29, 0.717) is 23.9 Å². The Kier molecular flexibility index (Phi) is 4.03. The monoisotopic (exact) mass is 340 g/mol. The van der Waals surface area contributed by atoms with E-state index in [1.54, 1.807) is 0 Å². The van der Waals surface area contributed by atoms with Gasteiger partial charge in [0.25, 0.3) is 0 Å². The van der Waals surface area contributed by atoms with Gasteiger partial charge in [0.15, 0.2) is 0 Å². The minimum atomic E-state index is -0.0245. The van der Waals surface area contributed by atoms with Crippen LogP contribution in [0.15, 0.2) is 24.3 Å². The number of nitrogens with zero attached hydrogens (tertiary/aromatic N) is 2. The van der Waals surface area contributed by atoms with Crippen LogP contribution in [0.25, 0.3) is 0 Å². The number of amides is 1. The maximum absolute atomic E-state index is 13.0. The van der Waals surface area contributed by atoms with Crippen molar-refractivity contribution in [1.82, 2.24) is 20.7 Å². The molecule has 4 fully saturated rings. The third-order valence-corrected chi connectivity index (χ3v) is 6.70. The highest BCUT2D eigenvalue weighted by Gasteiger charge is 2.41. The van der Waals surface area contributed by atoms with E-state index < -0.39 is 0 Å². The van der Waals surface area contributed by atoms with Crippen molar-refractivity contribution in [3.8, 4) is 0 Å². The van der Waals surface area contributed by atoms with Gasteiger partial charge in [-0.15, -0.1) is 0 Å². The lowest BCUT2D eigenvalue weighted by Gasteiger charge is -2.37. The lowest BCUT2D eigenvalue weighted by Crippen LogP contribution is -2.54. The molecule has 4 aliphatic heterocycles. The number of nitrogens with one attached hydrogen (secondary N) is 2. The maximum Gasteiger partial charge on any atom is 0.241 e. The zero-order valence-corrected chi connectivity index (χ0v) is 14.8. The summed E-state index contributed by atoms with van der Waals surface area (Å²) >= 11 is 0. The molecule has 4 saturated heterocycles. The predicted molar refractivity (Wildman–Crippen MR) is 97.0 cm³/mol. The lowest BCUT2D eigenvalue weighted by molar-refractivity contribution is -0.137. The Morgan fingerprint density at radius 3 is 2.48 bits per heavy atom. The molecule has 0 aromatic heterocycles. The van der Waals surface area contributed by atoms with E-state index in [2.05, 4.69) is 44.9 Å². The Hall–Kier alpha value is -1.43. The van der Waals surface area contributed by atoms with Gasteiger partial charge < -0.3 is 4.90 Å². The number of benzene rings is 1. The Labute approximate surface area is 149 Å². The zero-order valence-electron chi connectivity index (χ0n) is 14.8. The molecule has 0 saturated carbocycles. The second kappa shape index (κ2) is 6.38. The summed E-state index contributed by atoms with van der Waals surface area (Å²) in [5.41, 5.74) is 9.32. The Morgan fingerprint density at radius 1 is 0.960 bits per heavy atom. The number of piperidine rings is 1. The van der Waals surface area contributed by atoms with E-state index in [0.717, 1.165) is 32.6 Å². The highest BCUT2D eigenvalue weighted by molar-refractivity contribution is 5.82. The van der Waals surface area contributed by atoms with E-state index in [4.69, 9.17) is 0 Å². The smallest absolute Gasteiger partial charge is 0.241 e. The summed E-state index contributed by atoms with van der Waals surface area (Å²) in [5.74, 6) is 0.956. The molecule has 4 heterocycles. The summed E-state index contributed by atoms with van der Waals surface area (Å²) in [7, 11) is 0. The van der Waals surface area contributed by atoms with Crippen LogP contribution in [0.1, 0.15) is 30.4 Å². The van der Waals surface area contributed by atoms with Crippen molar-refractivity contribution in [2.45, 2.75) is 50.2 Å². The number of carbonyl (C=O) groups excluding carboxylic acids is 1. The molecule has 1 aromatic carbocycles. The minimum absolute atomic E-state index is 0.0245. The molecule has 5 heteroatoms. The summed E-state index contributed by atoms with van der Waals surface area (Å²) in [6, 6.07) is 9.90. The summed E-state index contributed by atoms with van der Waals surface area (Å²) in [5, 5.41) is 0. The van der Waals surface area contributed by atoms with Crippen molar-refractivity contribution >= 4 is 5.91 Å². The SMILES string of the molecule is O=C(C1CCNN1)N1C[C@H]2CC[C@@H]1CN(C1Cc3ccccc3C1)C2. The molecule has 2 N–H and O–H groups in total. The first kappa shape index (κ1) is 15.8.